The lowest BCUT2D eigenvalue weighted by Crippen LogP contribution is -2.68. The number of amides is 1. The van der Waals surface area contributed by atoms with Gasteiger partial charge in [0.05, 0.1) is 23.5 Å². The lowest BCUT2D eigenvalue weighted by Gasteiger charge is -2.61. The van der Waals surface area contributed by atoms with Crippen LogP contribution in [-0.4, -0.2) is 55.3 Å². The van der Waals surface area contributed by atoms with Crippen molar-refractivity contribution >= 4 is 34.8 Å². The molecule has 1 amide bonds. The molecule has 0 unspecified atom stereocenters. The summed E-state index contributed by atoms with van der Waals surface area (Å²) in [5, 5.41) is 17.4. The Bertz CT molecular complexity index is 1150. The van der Waals surface area contributed by atoms with E-state index in [0.29, 0.717) is 27.9 Å². The maximum absolute atomic E-state index is 15.0. The normalized spacial score (nSPS) is 31.2. The number of aromatic nitrogens is 5. The highest BCUT2D eigenvalue weighted by Crippen LogP contribution is 2.57. The van der Waals surface area contributed by atoms with Crippen molar-refractivity contribution in [2.45, 2.75) is 43.2 Å². The average molecular weight is 448 g/mol. The van der Waals surface area contributed by atoms with Crippen molar-refractivity contribution in [1.29, 1.82) is 0 Å². The highest BCUT2D eigenvalue weighted by atomic mass is 35.5. The minimum atomic E-state index is -1.52. The van der Waals surface area contributed by atoms with Gasteiger partial charge in [-0.15, -0.1) is 0 Å². The monoisotopic (exact) mass is 447 g/mol. The molecule has 1 aliphatic heterocycles. The van der Waals surface area contributed by atoms with Gasteiger partial charge in [0.1, 0.15) is 11.6 Å². The molecule has 2 bridgehead atoms. The van der Waals surface area contributed by atoms with Crippen molar-refractivity contribution in [3.8, 4) is 0 Å². The number of alkyl halides is 1. The summed E-state index contributed by atoms with van der Waals surface area (Å²) in [6, 6.07) is 1.62. The molecule has 0 aromatic carbocycles. The van der Waals surface area contributed by atoms with Crippen LogP contribution in [0.3, 0.4) is 0 Å². The van der Waals surface area contributed by atoms with E-state index in [-0.39, 0.29) is 12.1 Å². The van der Waals surface area contributed by atoms with Crippen LogP contribution in [0, 0.1) is 5.92 Å². The van der Waals surface area contributed by atoms with Crippen LogP contribution < -0.4 is 10.6 Å². The van der Waals surface area contributed by atoms with Crippen molar-refractivity contribution < 1.29 is 18.7 Å². The Morgan fingerprint density at radius 3 is 3.03 bits per heavy atom. The first-order valence-corrected chi connectivity index (χ1v) is 10.4. The smallest absolute Gasteiger partial charge is 0.408 e. The zero-order valence-corrected chi connectivity index (χ0v) is 17.0. The molecule has 0 radical (unpaired) electrons. The maximum atomic E-state index is 15.0. The van der Waals surface area contributed by atoms with Gasteiger partial charge in [0.15, 0.2) is 23.9 Å². The van der Waals surface area contributed by atoms with Crippen molar-refractivity contribution in [3.05, 3.63) is 35.4 Å². The van der Waals surface area contributed by atoms with E-state index in [1.54, 1.807) is 23.0 Å². The Kier molecular flexibility index (Phi) is 4.12. The molecular formula is C19H19ClFN7O3. The van der Waals surface area contributed by atoms with Crippen LogP contribution >= 0.6 is 11.6 Å². The standard InChI is InChI=1S/C19H19ClFN7O3/c20-10-7-23-28-2-1-22-17(15(10)28)24-13-3-11(26-27-13)16-14(21)12(8-30-16)31-18(29)25-19-4-9(5-19)6-19/h1-3,7,9,12,14,16H,4-6,8H2,(H,25,29)(H2,22,24,26,27)/t9?,12-,14+,16-,19?/m0/s1. The number of rotatable bonds is 5. The number of nitrogens with one attached hydrogen (secondary N) is 3. The van der Waals surface area contributed by atoms with Gasteiger partial charge in [0, 0.05) is 24.0 Å². The molecule has 31 heavy (non-hydrogen) atoms. The molecule has 3 aromatic rings. The number of hydrogen-bond acceptors (Lipinski definition) is 7. The maximum Gasteiger partial charge on any atom is 0.408 e. The summed E-state index contributed by atoms with van der Waals surface area (Å²) in [6.07, 6.45) is 3.74. The minimum Gasteiger partial charge on any atom is -0.441 e. The number of hydrogen-bond donors (Lipinski definition) is 3. The number of ether oxygens (including phenoxy) is 2. The van der Waals surface area contributed by atoms with Gasteiger partial charge in [-0.2, -0.15) is 10.2 Å². The van der Waals surface area contributed by atoms with Gasteiger partial charge < -0.3 is 20.1 Å². The zero-order valence-electron chi connectivity index (χ0n) is 16.2. The molecular weight excluding hydrogens is 429 g/mol. The van der Waals surface area contributed by atoms with E-state index in [1.165, 1.54) is 6.20 Å². The van der Waals surface area contributed by atoms with Crippen LogP contribution in [0.5, 0.6) is 0 Å². The predicted octanol–water partition coefficient (Wildman–Crippen LogP) is 2.91. The number of halogens is 2. The molecule has 162 valence electrons. The number of carbonyl (C=O) groups is 1. The lowest BCUT2D eigenvalue weighted by molar-refractivity contribution is -0.0528. The van der Waals surface area contributed by atoms with Crippen LogP contribution in [0.4, 0.5) is 20.8 Å². The fourth-order valence-corrected chi connectivity index (χ4v) is 4.84. The molecule has 4 aliphatic rings. The predicted molar refractivity (Wildman–Crippen MR) is 107 cm³/mol. The number of anilines is 2. The molecule has 4 heterocycles. The van der Waals surface area contributed by atoms with Crippen molar-refractivity contribution in [1.82, 2.24) is 30.1 Å². The Balaban J connectivity index is 1.12. The largest absolute Gasteiger partial charge is 0.441 e. The molecule has 3 saturated carbocycles. The summed E-state index contributed by atoms with van der Waals surface area (Å²) in [5.74, 6) is 1.59. The third kappa shape index (κ3) is 3.10. The number of nitrogens with zero attached hydrogens (tertiary/aromatic N) is 4. The van der Waals surface area contributed by atoms with Gasteiger partial charge in [-0.3, -0.25) is 5.10 Å². The van der Waals surface area contributed by atoms with Crippen LogP contribution in [0.2, 0.25) is 5.02 Å². The van der Waals surface area contributed by atoms with Gasteiger partial charge in [-0.1, -0.05) is 11.6 Å². The Hall–Kier alpha value is -2.92. The molecule has 7 rings (SSSR count). The van der Waals surface area contributed by atoms with E-state index in [9.17, 15) is 9.18 Å². The number of carbonyl (C=O) groups excluding carboxylic acids is 1. The first-order valence-electron chi connectivity index (χ1n) is 10.0. The Morgan fingerprint density at radius 2 is 2.26 bits per heavy atom. The van der Waals surface area contributed by atoms with E-state index < -0.39 is 24.5 Å². The molecule has 3 atom stereocenters. The van der Waals surface area contributed by atoms with E-state index in [2.05, 4.69) is 30.9 Å². The fourth-order valence-electron chi connectivity index (χ4n) is 4.62. The Morgan fingerprint density at radius 1 is 1.42 bits per heavy atom. The van der Waals surface area contributed by atoms with E-state index >= 15 is 0 Å². The summed E-state index contributed by atoms with van der Waals surface area (Å²) in [6.45, 7) is -0.0248. The zero-order chi connectivity index (χ0) is 21.2. The quantitative estimate of drug-likeness (QED) is 0.550. The van der Waals surface area contributed by atoms with Gasteiger partial charge in [-0.05, 0) is 25.2 Å². The van der Waals surface area contributed by atoms with Crippen LogP contribution in [0.15, 0.2) is 24.7 Å². The summed E-state index contributed by atoms with van der Waals surface area (Å²) < 4.78 is 27.4. The second-order valence-corrected chi connectivity index (χ2v) is 8.83. The molecule has 3 aliphatic carbocycles. The van der Waals surface area contributed by atoms with E-state index in [4.69, 9.17) is 21.1 Å². The average Bonchev–Trinajstić information content (AvgIpc) is 3.39. The van der Waals surface area contributed by atoms with Crippen LogP contribution in [-0.2, 0) is 9.47 Å². The third-order valence-electron chi connectivity index (χ3n) is 6.29. The summed E-state index contributed by atoms with van der Waals surface area (Å²) in [7, 11) is 0. The summed E-state index contributed by atoms with van der Waals surface area (Å²) in [5.41, 5.74) is 0.899. The topological polar surface area (TPSA) is 118 Å². The number of H-pyrrole nitrogens is 1. The lowest BCUT2D eigenvalue weighted by atomic mass is 9.50. The molecule has 3 aromatic heterocycles. The van der Waals surface area contributed by atoms with Gasteiger partial charge >= 0.3 is 6.09 Å². The highest BCUT2D eigenvalue weighted by molar-refractivity contribution is 6.34. The summed E-state index contributed by atoms with van der Waals surface area (Å²) in [4.78, 5) is 16.4. The number of fused-ring (bicyclic) bond motifs is 1. The van der Waals surface area contributed by atoms with Gasteiger partial charge in [0.25, 0.3) is 0 Å². The van der Waals surface area contributed by atoms with Crippen molar-refractivity contribution in [2.24, 2.45) is 5.92 Å². The molecule has 1 saturated heterocycles. The van der Waals surface area contributed by atoms with Crippen LogP contribution in [0.25, 0.3) is 5.52 Å². The van der Waals surface area contributed by atoms with Gasteiger partial charge in [-0.25, -0.2) is 18.7 Å². The number of alkyl carbamates (subject to hydrolysis) is 1. The minimum absolute atomic E-state index is 0.0248. The van der Waals surface area contributed by atoms with E-state index in [1.807, 2.05) is 0 Å². The Labute approximate surface area is 180 Å². The SMILES string of the molecule is O=C(NC12CC(C1)C2)O[C@H]1CO[C@@H](c2cc(Nc3nccn4ncc(Cl)c34)n[nH]2)[C@@H]1F. The molecule has 12 heteroatoms. The van der Waals surface area contributed by atoms with Crippen molar-refractivity contribution in [2.75, 3.05) is 11.9 Å². The van der Waals surface area contributed by atoms with Gasteiger partial charge in [0.2, 0.25) is 0 Å². The molecule has 4 fully saturated rings. The second kappa shape index (κ2) is 6.79. The number of aromatic amines is 1. The molecule has 3 N–H and O–H groups in total. The summed E-state index contributed by atoms with van der Waals surface area (Å²) >= 11 is 6.18. The third-order valence-corrected chi connectivity index (χ3v) is 6.56. The first-order chi connectivity index (χ1) is 15.0. The fraction of sp³-hybridized carbons (Fsp3) is 0.474. The van der Waals surface area contributed by atoms with Crippen molar-refractivity contribution in [3.63, 3.8) is 0 Å². The second-order valence-electron chi connectivity index (χ2n) is 8.42. The molecule has 10 nitrogen and oxygen atoms in total. The van der Waals surface area contributed by atoms with E-state index in [0.717, 1.165) is 25.2 Å². The van der Waals surface area contributed by atoms with Crippen LogP contribution in [0.1, 0.15) is 31.1 Å². The first kappa shape index (κ1) is 18.8. The highest BCUT2D eigenvalue weighted by Gasteiger charge is 2.58. The molecule has 0 spiro atoms.